The van der Waals surface area contributed by atoms with E-state index in [-0.39, 0.29) is 0 Å². The van der Waals surface area contributed by atoms with Gasteiger partial charge in [-0.15, -0.1) is 11.8 Å². The van der Waals surface area contributed by atoms with E-state index in [0.29, 0.717) is 5.41 Å². The number of guanidine groups is 1. The molecule has 0 aromatic heterocycles. The lowest BCUT2D eigenvalue weighted by molar-refractivity contribution is 0.129. The van der Waals surface area contributed by atoms with E-state index in [1.165, 1.54) is 17.7 Å². The standard InChI is InChI=1S/C19H31N3OS/c1-3-20-18(21-13-15-24-17-8-6-5-7-9-17)22-16-19(10-11-19)12-14-23-4-2/h5-9H,3-4,10-16H2,1-2H3,(H2,20,21,22). The molecule has 1 aliphatic carbocycles. The lowest BCUT2D eigenvalue weighted by Gasteiger charge is -2.15. The van der Waals surface area contributed by atoms with E-state index in [1.807, 2.05) is 11.8 Å². The van der Waals surface area contributed by atoms with Gasteiger partial charge >= 0.3 is 0 Å². The van der Waals surface area contributed by atoms with E-state index >= 15 is 0 Å². The Hall–Kier alpha value is -1.20. The fourth-order valence-corrected chi connectivity index (χ4v) is 3.33. The molecule has 0 atom stereocenters. The maximum Gasteiger partial charge on any atom is 0.191 e. The second kappa shape index (κ2) is 10.6. The number of thioether (sulfide) groups is 1. The molecule has 0 saturated heterocycles. The van der Waals surface area contributed by atoms with Crippen molar-refractivity contribution >= 4 is 17.7 Å². The summed E-state index contributed by atoms with van der Waals surface area (Å²) in [6.45, 7) is 8.55. The van der Waals surface area contributed by atoms with Gasteiger partial charge in [-0.25, -0.2) is 0 Å². The predicted octanol–water partition coefficient (Wildman–Crippen LogP) is 3.54. The van der Waals surface area contributed by atoms with Crippen molar-refractivity contribution in [3.63, 3.8) is 0 Å². The first kappa shape index (κ1) is 19.1. The van der Waals surface area contributed by atoms with Gasteiger partial charge in [-0.3, -0.25) is 4.99 Å². The smallest absolute Gasteiger partial charge is 0.191 e. The number of nitrogens with zero attached hydrogens (tertiary/aromatic N) is 1. The van der Waals surface area contributed by atoms with Crippen LogP contribution in [0.5, 0.6) is 0 Å². The molecule has 0 heterocycles. The summed E-state index contributed by atoms with van der Waals surface area (Å²) in [5, 5.41) is 6.79. The molecule has 0 bridgehead atoms. The molecule has 0 amide bonds. The number of benzene rings is 1. The summed E-state index contributed by atoms with van der Waals surface area (Å²) >= 11 is 1.87. The van der Waals surface area contributed by atoms with Crippen molar-refractivity contribution in [2.24, 2.45) is 10.4 Å². The molecule has 0 unspecified atom stereocenters. The van der Waals surface area contributed by atoms with Gasteiger partial charge in [-0.05, 0) is 50.7 Å². The maximum absolute atomic E-state index is 5.50. The molecule has 4 nitrogen and oxygen atoms in total. The predicted molar refractivity (Wildman–Crippen MR) is 104 cm³/mol. The van der Waals surface area contributed by atoms with E-state index in [2.05, 4.69) is 54.8 Å². The number of rotatable bonds is 11. The van der Waals surface area contributed by atoms with Gasteiger partial charge in [0.25, 0.3) is 0 Å². The molecule has 5 heteroatoms. The molecule has 2 rings (SSSR count). The summed E-state index contributed by atoms with van der Waals surface area (Å²) in [7, 11) is 0. The largest absolute Gasteiger partial charge is 0.382 e. The highest BCUT2D eigenvalue weighted by atomic mass is 32.2. The lowest BCUT2D eigenvalue weighted by atomic mass is 10.0. The Balaban J connectivity index is 1.70. The summed E-state index contributed by atoms with van der Waals surface area (Å²) in [5.41, 5.74) is 0.399. The normalized spacial score (nSPS) is 16.0. The highest BCUT2D eigenvalue weighted by molar-refractivity contribution is 7.99. The minimum atomic E-state index is 0.399. The van der Waals surface area contributed by atoms with Gasteiger partial charge in [0.05, 0.1) is 0 Å². The van der Waals surface area contributed by atoms with Gasteiger partial charge in [-0.1, -0.05) is 18.2 Å². The molecule has 1 fully saturated rings. The number of hydrogen-bond donors (Lipinski definition) is 2. The van der Waals surface area contributed by atoms with Crippen LogP contribution >= 0.6 is 11.8 Å². The topological polar surface area (TPSA) is 45.7 Å². The fraction of sp³-hybridized carbons (Fsp3) is 0.632. The third-order valence-corrected chi connectivity index (χ3v) is 5.27. The van der Waals surface area contributed by atoms with Crippen LogP contribution in [0.25, 0.3) is 0 Å². The molecule has 24 heavy (non-hydrogen) atoms. The summed E-state index contributed by atoms with van der Waals surface area (Å²) < 4.78 is 5.50. The van der Waals surface area contributed by atoms with Crippen molar-refractivity contribution in [1.82, 2.24) is 10.6 Å². The SMILES string of the molecule is CCNC(=NCC1(CCOCC)CC1)NCCSc1ccccc1. The van der Waals surface area contributed by atoms with Crippen LogP contribution in [0, 0.1) is 5.41 Å². The Kier molecular flexibility index (Phi) is 8.47. The van der Waals surface area contributed by atoms with Crippen molar-refractivity contribution in [3.05, 3.63) is 30.3 Å². The minimum absolute atomic E-state index is 0.399. The third-order valence-electron chi connectivity index (χ3n) is 4.26. The zero-order valence-electron chi connectivity index (χ0n) is 15.0. The van der Waals surface area contributed by atoms with E-state index in [4.69, 9.17) is 9.73 Å². The number of hydrogen-bond acceptors (Lipinski definition) is 3. The first-order valence-corrected chi connectivity index (χ1v) is 10.0. The van der Waals surface area contributed by atoms with Gasteiger partial charge in [0.1, 0.15) is 0 Å². The van der Waals surface area contributed by atoms with Crippen molar-refractivity contribution in [2.45, 2.75) is 38.0 Å². The average molecular weight is 350 g/mol. The molecule has 134 valence electrons. The molecular formula is C19H31N3OS. The first-order chi connectivity index (χ1) is 11.8. The lowest BCUT2D eigenvalue weighted by Crippen LogP contribution is -2.38. The highest BCUT2D eigenvalue weighted by Crippen LogP contribution is 2.48. The van der Waals surface area contributed by atoms with Crippen LogP contribution in [0.1, 0.15) is 33.1 Å². The Bertz CT molecular complexity index is 489. The Morgan fingerprint density at radius 1 is 1.21 bits per heavy atom. The van der Waals surface area contributed by atoms with Crippen LogP contribution in [0.2, 0.25) is 0 Å². The number of nitrogens with one attached hydrogen (secondary N) is 2. The van der Waals surface area contributed by atoms with Crippen LogP contribution < -0.4 is 10.6 Å². The molecule has 0 spiro atoms. The zero-order chi connectivity index (χ0) is 17.1. The van der Waals surface area contributed by atoms with Crippen LogP contribution in [-0.2, 0) is 4.74 Å². The first-order valence-electron chi connectivity index (χ1n) is 9.06. The highest BCUT2D eigenvalue weighted by Gasteiger charge is 2.41. The molecule has 1 aromatic rings. The summed E-state index contributed by atoms with van der Waals surface area (Å²) in [5.74, 6) is 1.97. The van der Waals surface area contributed by atoms with Gasteiger partial charge < -0.3 is 15.4 Å². The molecule has 2 N–H and O–H groups in total. The quantitative estimate of drug-likeness (QED) is 0.278. The van der Waals surface area contributed by atoms with Crippen LogP contribution in [0.15, 0.2) is 40.2 Å². The fourth-order valence-electron chi connectivity index (χ4n) is 2.54. The maximum atomic E-state index is 5.50. The number of ether oxygens (including phenoxy) is 1. The molecule has 1 saturated carbocycles. The summed E-state index contributed by atoms with van der Waals surface area (Å²) in [4.78, 5) is 6.11. The third kappa shape index (κ3) is 7.14. The van der Waals surface area contributed by atoms with Crippen LogP contribution in [0.4, 0.5) is 0 Å². The Morgan fingerprint density at radius 2 is 2.00 bits per heavy atom. The van der Waals surface area contributed by atoms with Gasteiger partial charge in [0.15, 0.2) is 5.96 Å². The van der Waals surface area contributed by atoms with E-state index in [9.17, 15) is 0 Å². The molecule has 0 aliphatic heterocycles. The van der Waals surface area contributed by atoms with Crippen molar-refractivity contribution in [1.29, 1.82) is 0 Å². The Labute approximate surface area is 150 Å². The second-order valence-electron chi connectivity index (χ2n) is 6.23. The van der Waals surface area contributed by atoms with Crippen molar-refractivity contribution in [2.75, 3.05) is 38.6 Å². The summed E-state index contributed by atoms with van der Waals surface area (Å²) in [6, 6.07) is 10.5. The van der Waals surface area contributed by atoms with Crippen LogP contribution in [0.3, 0.4) is 0 Å². The minimum Gasteiger partial charge on any atom is -0.382 e. The van der Waals surface area contributed by atoms with Crippen molar-refractivity contribution in [3.8, 4) is 0 Å². The zero-order valence-corrected chi connectivity index (χ0v) is 15.8. The molecular weight excluding hydrogens is 318 g/mol. The average Bonchev–Trinajstić information content (AvgIpc) is 3.38. The number of aliphatic imine (C=N–C) groups is 1. The second-order valence-corrected chi connectivity index (χ2v) is 7.40. The van der Waals surface area contributed by atoms with E-state index in [0.717, 1.165) is 51.0 Å². The van der Waals surface area contributed by atoms with Gasteiger partial charge in [0, 0.05) is 43.5 Å². The van der Waals surface area contributed by atoms with E-state index < -0.39 is 0 Å². The van der Waals surface area contributed by atoms with Gasteiger partial charge in [0.2, 0.25) is 0 Å². The van der Waals surface area contributed by atoms with Gasteiger partial charge in [-0.2, -0.15) is 0 Å². The van der Waals surface area contributed by atoms with Crippen molar-refractivity contribution < 1.29 is 4.74 Å². The van der Waals surface area contributed by atoms with Crippen LogP contribution in [-0.4, -0.2) is 44.6 Å². The molecule has 1 aromatic carbocycles. The summed E-state index contributed by atoms with van der Waals surface area (Å²) in [6.07, 6.45) is 3.70. The Morgan fingerprint density at radius 3 is 2.67 bits per heavy atom. The molecule has 0 radical (unpaired) electrons. The van der Waals surface area contributed by atoms with E-state index in [1.54, 1.807) is 0 Å². The monoisotopic (exact) mass is 349 g/mol. The molecule has 1 aliphatic rings.